The average molecular weight is 459 g/mol. The molecule has 3 aromatic rings. The van der Waals surface area contributed by atoms with Crippen LogP contribution >= 0.6 is 11.6 Å². The molecule has 1 aromatic heterocycles. The van der Waals surface area contributed by atoms with E-state index in [0.717, 1.165) is 33.5 Å². The predicted molar refractivity (Wildman–Crippen MR) is 122 cm³/mol. The lowest BCUT2D eigenvalue weighted by Gasteiger charge is -2.35. The number of aliphatic hydroxyl groups excluding tert-OH is 1. The molecule has 8 heteroatoms. The number of hydrogen-bond acceptors (Lipinski definition) is 5. The molecule has 1 amide bonds. The zero-order chi connectivity index (χ0) is 22.5. The number of nitrogens with one attached hydrogen (secondary N) is 1. The van der Waals surface area contributed by atoms with Crippen LogP contribution in [0.25, 0.3) is 10.9 Å². The first-order chi connectivity index (χ1) is 15.6. The van der Waals surface area contributed by atoms with Crippen molar-refractivity contribution < 1.29 is 24.1 Å². The van der Waals surface area contributed by atoms with Gasteiger partial charge in [-0.2, -0.15) is 0 Å². The number of carbonyl (C=O) groups is 1. The molecule has 0 bridgehead atoms. The summed E-state index contributed by atoms with van der Waals surface area (Å²) in [5, 5.41) is 10.7. The van der Waals surface area contributed by atoms with E-state index in [1.807, 2.05) is 42.5 Å². The molecule has 0 spiro atoms. The van der Waals surface area contributed by atoms with Gasteiger partial charge in [-0.05, 0) is 47.9 Å². The first-order valence-electron chi connectivity index (χ1n) is 10.7. The fourth-order valence-electron chi connectivity index (χ4n) is 4.10. The van der Waals surface area contributed by atoms with E-state index >= 15 is 0 Å². The molecule has 0 fully saturated rings. The molecular weight excluding hydrogens is 432 g/mol. The standard InChI is InChI=1S/C24H27ClN2O5/c1-30-13-14-32-24(29)27-10-9-19-20-15-17(25)5-8-21(20)26-22(19)23(27)16-3-6-18(7-4-16)31-12-2-11-28/h3-8,15,23,26,28H,2,9-14H2,1H3. The number of aromatic amines is 1. The van der Waals surface area contributed by atoms with Gasteiger partial charge in [-0.1, -0.05) is 23.7 Å². The van der Waals surface area contributed by atoms with Gasteiger partial charge >= 0.3 is 6.09 Å². The number of ether oxygens (including phenoxy) is 3. The van der Waals surface area contributed by atoms with Gasteiger partial charge in [-0.25, -0.2) is 4.79 Å². The second-order valence-corrected chi connectivity index (χ2v) is 8.09. The van der Waals surface area contributed by atoms with Crippen molar-refractivity contribution in [2.45, 2.75) is 18.9 Å². The number of hydrogen-bond donors (Lipinski definition) is 2. The summed E-state index contributed by atoms with van der Waals surface area (Å²) in [6, 6.07) is 13.1. The fourth-order valence-corrected chi connectivity index (χ4v) is 4.27. The Hall–Kier alpha value is -2.74. The highest BCUT2D eigenvalue weighted by Crippen LogP contribution is 2.39. The van der Waals surface area contributed by atoms with Crippen LogP contribution in [0.3, 0.4) is 0 Å². The fraction of sp³-hybridized carbons (Fsp3) is 0.375. The Bertz CT molecular complexity index is 1070. The highest BCUT2D eigenvalue weighted by atomic mass is 35.5. The summed E-state index contributed by atoms with van der Waals surface area (Å²) in [5.41, 5.74) is 4.06. The van der Waals surface area contributed by atoms with Crippen LogP contribution in [0.4, 0.5) is 4.79 Å². The van der Waals surface area contributed by atoms with Crippen LogP contribution < -0.4 is 4.74 Å². The Labute approximate surface area is 191 Å². The van der Waals surface area contributed by atoms with E-state index in [9.17, 15) is 4.79 Å². The van der Waals surface area contributed by atoms with Gasteiger partial charge in [0.25, 0.3) is 0 Å². The Morgan fingerprint density at radius 2 is 2.00 bits per heavy atom. The summed E-state index contributed by atoms with van der Waals surface area (Å²) in [7, 11) is 1.57. The maximum atomic E-state index is 12.9. The lowest BCUT2D eigenvalue weighted by atomic mass is 9.92. The van der Waals surface area contributed by atoms with Crippen molar-refractivity contribution in [1.82, 2.24) is 9.88 Å². The van der Waals surface area contributed by atoms with Crippen LogP contribution in [0, 0.1) is 0 Å². The third kappa shape index (κ3) is 4.70. The summed E-state index contributed by atoms with van der Waals surface area (Å²) in [5.74, 6) is 0.718. The third-order valence-corrected chi connectivity index (χ3v) is 5.84. The molecule has 4 rings (SSSR count). The molecule has 1 unspecified atom stereocenters. The van der Waals surface area contributed by atoms with E-state index in [-0.39, 0.29) is 25.3 Å². The molecule has 0 saturated heterocycles. The molecule has 1 aliphatic heterocycles. The Morgan fingerprint density at radius 3 is 2.75 bits per heavy atom. The van der Waals surface area contributed by atoms with Gasteiger partial charge in [0.2, 0.25) is 0 Å². The number of halogens is 1. The molecule has 2 N–H and O–H groups in total. The molecule has 0 aliphatic carbocycles. The lowest BCUT2D eigenvalue weighted by molar-refractivity contribution is 0.0629. The second-order valence-electron chi connectivity index (χ2n) is 7.65. The summed E-state index contributed by atoms with van der Waals surface area (Å²) in [4.78, 5) is 18.2. The highest BCUT2D eigenvalue weighted by molar-refractivity contribution is 6.31. The van der Waals surface area contributed by atoms with Crippen molar-refractivity contribution in [1.29, 1.82) is 0 Å². The van der Waals surface area contributed by atoms with E-state index in [4.69, 9.17) is 30.9 Å². The Balaban J connectivity index is 1.68. The van der Waals surface area contributed by atoms with Crippen LogP contribution in [0.15, 0.2) is 42.5 Å². The van der Waals surface area contributed by atoms with Gasteiger partial charge < -0.3 is 24.3 Å². The van der Waals surface area contributed by atoms with Gasteiger partial charge in [0.15, 0.2) is 0 Å². The summed E-state index contributed by atoms with van der Waals surface area (Å²) >= 11 is 6.25. The quantitative estimate of drug-likeness (QED) is 0.491. The minimum Gasteiger partial charge on any atom is -0.494 e. The largest absolute Gasteiger partial charge is 0.494 e. The minimum atomic E-state index is -0.377. The molecule has 170 valence electrons. The zero-order valence-corrected chi connectivity index (χ0v) is 18.7. The molecule has 7 nitrogen and oxygen atoms in total. The number of benzene rings is 2. The molecule has 32 heavy (non-hydrogen) atoms. The van der Waals surface area contributed by atoms with Crippen LogP contribution in [0.5, 0.6) is 5.75 Å². The Kier molecular flexibility index (Phi) is 7.19. The third-order valence-electron chi connectivity index (χ3n) is 5.60. The van der Waals surface area contributed by atoms with Crippen molar-refractivity contribution in [3.05, 3.63) is 64.3 Å². The minimum absolute atomic E-state index is 0.0908. The second kappa shape index (κ2) is 10.3. The van der Waals surface area contributed by atoms with Crippen molar-refractivity contribution in [2.24, 2.45) is 0 Å². The average Bonchev–Trinajstić information content (AvgIpc) is 3.17. The van der Waals surface area contributed by atoms with Crippen LogP contribution in [-0.2, 0) is 15.9 Å². The molecule has 2 heterocycles. The smallest absolute Gasteiger partial charge is 0.410 e. The monoisotopic (exact) mass is 458 g/mol. The SMILES string of the molecule is COCCOC(=O)N1CCc2c([nH]c3ccc(Cl)cc23)C1c1ccc(OCCCO)cc1. The van der Waals surface area contributed by atoms with E-state index in [1.54, 1.807) is 12.0 Å². The van der Waals surface area contributed by atoms with Crippen LogP contribution in [0.1, 0.15) is 29.3 Å². The number of rotatable bonds is 8. The number of methoxy groups -OCH3 is 1. The number of nitrogens with zero attached hydrogens (tertiary/aromatic N) is 1. The lowest BCUT2D eigenvalue weighted by Crippen LogP contribution is -2.41. The summed E-state index contributed by atoms with van der Waals surface area (Å²) < 4.78 is 16.1. The van der Waals surface area contributed by atoms with E-state index in [1.165, 1.54) is 0 Å². The molecule has 0 radical (unpaired) electrons. The van der Waals surface area contributed by atoms with Gasteiger partial charge in [0.1, 0.15) is 18.4 Å². The molecule has 1 aliphatic rings. The number of amides is 1. The normalized spacial score (nSPS) is 15.6. The van der Waals surface area contributed by atoms with Gasteiger partial charge in [0.05, 0.1) is 13.2 Å². The molecule has 1 atom stereocenters. The maximum Gasteiger partial charge on any atom is 0.410 e. The van der Waals surface area contributed by atoms with E-state index < -0.39 is 0 Å². The van der Waals surface area contributed by atoms with Gasteiger partial charge in [-0.3, -0.25) is 4.90 Å². The van der Waals surface area contributed by atoms with E-state index in [0.29, 0.717) is 37.6 Å². The van der Waals surface area contributed by atoms with Crippen molar-refractivity contribution in [3.63, 3.8) is 0 Å². The van der Waals surface area contributed by atoms with Crippen molar-refractivity contribution in [2.75, 3.05) is 40.1 Å². The highest BCUT2D eigenvalue weighted by Gasteiger charge is 2.35. The topological polar surface area (TPSA) is 84.0 Å². The van der Waals surface area contributed by atoms with Crippen LogP contribution in [-0.4, -0.2) is 61.2 Å². The molecular formula is C24H27ClN2O5. The number of aromatic nitrogens is 1. The molecule has 0 saturated carbocycles. The number of fused-ring (bicyclic) bond motifs is 3. The van der Waals surface area contributed by atoms with E-state index in [2.05, 4.69) is 4.98 Å². The molecule has 2 aromatic carbocycles. The predicted octanol–water partition coefficient (Wildman–Crippen LogP) is 4.31. The van der Waals surface area contributed by atoms with Crippen LogP contribution in [0.2, 0.25) is 5.02 Å². The Morgan fingerprint density at radius 1 is 1.19 bits per heavy atom. The van der Waals surface area contributed by atoms with Crippen molar-refractivity contribution in [3.8, 4) is 5.75 Å². The first kappa shape index (κ1) is 22.5. The summed E-state index contributed by atoms with van der Waals surface area (Å²) in [6.07, 6.45) is 0.901. The van der Waals surface area contributed by atoms with Gasteiger partial charge in [-0.15, -0.1) is 0 Å². The summed E-state index contributed by atoms with van der Waals surface area (Å²) in [6.45, 7) is 1.61. The zero-order valence-electron chi connectivity index (χ0n) is 18.0. The first-order valence-corrected chi connectivity index (χ1v) is 11.1. The number of aliphatic hydroxyl groups is 1. The number of H-pyrrole nitrogens is 1. The van der Waals surface area contributed by atoms with Crippen molar-refractivity contribution >= 4 is 28.6 Å². The number of carbonyl (C=O) groups excluding carboxylic acids is 1. The maximum absolute atomic E-state index is 12.9. The van der Waals surface area contributed by atoms with Gasteiger partial charge in [0, 0.05) is 48.3 Å².